The Balaban J connectivity index is 1.90. The molecule has 0 aliphatic heterocycles. The number of nitriles is 1. The van der Waals surface area contributed by atoms with E-state index in [1.807, 2.05) is 0 Å². The largest absolute Gasteiger partial charge is 0.312 e. The van der Waals surface area contributed by atoms with Gasteiger partial charge in [0.25, 0.3) is 0 Å². The molecule has 3 nitrogen and oxygen atoms in total. The SMILES string of the molecule is CN(CC(N)(C#N)C1CC1)C1CCCCCC1. The van der Waals surface area contributed by atoms with Crippen molar-refractivity contribution < 1.29 is 0 Å². The number of nitrogens with two attached hydrogens (primary N) is 1. The van der Waals surface area contributed by atoms with Crippen LogP contribution in [0, 0.1) is 17.2 Å². The van der Waals surface area contributed by atoms with E-state index in [9.17, 15) is 5.26 Å². The first kappa shape index (κ1) is 12.9. The number of hydrogen-bond acceptors (Lipinski definition) is 3. The van der Waals surface area contributed by atoms with E-state index in [2.05, 4.69) is 18.0 Å². The summed E-state index contributed by atoms with van der Waals surface area (Å²) in [5, 5.41) is 9.30. The molecule has 96 valence electrons. The van der Waals surface area contributed by atoms with Crippen LogP contribution in [0.4, 0.5) is 0 Å². The van der Waals surface area contributed by atoms with Crippen molar-refractivity contribution in [3.63, 3.8) is 0 Å². The van der Waals surface area contributed by atoms with Gasteiger partial charge in [0, 0.05) is 12.6 Å². The first-order valence-electron chi connectivity index (χ1n) is 7.06. The van der Waals surface area contributed by atoms with Crippen LogP contribution in [0.15, 0.2) is 0 Å². The van der Waals surface area contributed by atoms with Crippen molar-refractivity contribution in [2.24, 2.45) is 11.7 Å². The van der Waals surface area contributed by atoms with E-state index in [0.717, 1.165) is 19.4 Å². The molecule has 2 rings (SSSR count). The van der Waals surface area contributed by atoms with Gasteiger partial charge in [-0.2, -0.15) is 5.26 Å². The number of nitrogens with zero attached hydrogens (tertiary/aromatic N) is 2. The van der Waals surface area contributed by atoms with Crippen LogP contribution in [0.3, 0.4) is 0 Å². The van der Waals surface area contributed by atoms with E-state index in [1.165, 1.54) is 38.5 Å². The van der Waals surface area contributed by atoms with Gasteiger partial charge < -0.3 is 10.6 Å². The smallest absolute Gasteiger partial charge is 0.119 e. The predicted octanol–water partition coefficient (Wildman–Crippen LogP) is 2.27. The quantitative estimate of drug-likeness (QED) is 0.761. The van der Waals surface area contributed by atoms with Gasteiger partial charge >= 0.3 is 0 Å². The van der Waals surface area contributed by atoms with Crippen molar-refractivity contribution in [2.75, 3.05) is 13.6 Å². The van der Waals surface area contributed by atoms with E-state index in [0.29, 0.717) is 12.0 Å². The van der Waals surface area contributed by atoms with Gasteiger partial charge in [0.15, 0.2) is 0 Å². The molecule has 1 atom stereocenters. The Kier molecular flexibility index (Phi) is 4.06. The van der Waals surface area contributed by atoms with Gasteiger partial charge in [0.05, 0.1) is 6.07 Å². The van der Waals surface area contributed by atoms with Crippen LogP contribution in [0.5, 0.6) is 0 Å². The molecule has 2 fully saturated rings. The highest BCUT2D eigenvalue weighted by Gasteiger charge is 2.43. The fourth-order valence-corrected chi connectivity index (χ4v) is 3.09. The monoisotopic (exact) mass is 235 g/mol. The summed E-state index contributed by atoms with van der Waals surface area (Å²) >= 11 is 0. The molecule has 0 radical (unpaired) electrons. The van der Waals surface area contributed by atoms with Gasteiger partial charge in [-0.1, -0.05) is 25.7 Å². The predicted molar refractivity (Wildman–Crippen MR) is 69.4 cm³/mol. The van der Waals surface area contributed by atoms with Crippen LogP contribution in [0.2, 0.25) is 0 Å². The Morgan fingerprint density at radius 2 is 1.76 bits per heavy atom. The summed E-state index contributed by atoms with van der Waals surface area (Å²) in [7, 11) is 2.15. The van der Waals surface area contributed by atoms with Gasteiger partial charge in [-0.3, -0.25) is 0 Å². The maximum atomic E-state index is 9.30. The first-order valence-corrected chi connectivity index (χ1v) is 7.06. The molecule has 17 heavy (non-hydrogen) atoms. The van der Waals surface area contributed by atoms with Crippen LogP contribution in [-0.2, 0) is 0 Å². The molecule has 0 amide bonds. The minimum Gasteiger partial charge on any atom is -0.312 e. The highest BCUT2D eigenvalue weighted by atomic mass is 15.2. The minimum atomic E-state index is -0.596. The lowest BCUT2D eigenvalue weighted by molar-refractivity contribution is 0.183. The Labute approximate surface area is 105 Å². The molecule has 3 heteroatoms. The zero-order valence-corrected chi connectivity index (χ0v) is 11.0. The Bertz CT molecular complexity index is 284. The maximum Gasteiger partial charge on any atom is 0.119 e. The van der Waals surface area contributed by atoms with Crippen molar-refractivity contribution in [2.45, 2.75) is 62.9 Å². The summed E-state index contributed by atoms with van der Waals surface area (Å²) in [4.78, 5) is 2.35. The number of hydrogen-bond donors (Lipinski definition) is 1. The van der Waals surface area contributed by atoms with Gasteiger partial charge in [-0.15, -0.1) is 0 Å². The Morgan fingerprint density at radius 1 is 1.18 bits per heavy atom. The van der Waals surface area contributed by atoms with Crippen molar-refractivity contribution >= 4 is 0 Å². The van der Waals surface area contributed by atoms with Crippen molar-refractivity contribution in [3.8, 4) is 6.07 Å². The fraction of sp³-hybridized carbons (Fsp3) is 0.929. The summed E-state index contributed by atoms with van der Waals surface area (Å²) in [5.74, 6) is 0.445. The molecular weight excluding hydrogens is 210 g/mol. The van der Waals surface area contributed by atoms with Crippen molar-refractivity contribution in [1.82, 2.24) is 4.90 Å². The Hall–Kier alpha value is -0.590. The van der Waals surface area contributed by atoms with Crippen LogP contribution >= 0.6 is 0 Å². The molecule has 0 bridgehead atoms. The molecule has 2 aliphatic carbocycles. The second kappa shape index (κ2) is 5.37. The summed E-state index contributed by atoms with van der Waals surface area (Å²) in [6.07, 6.45) is 10.3. The normalized spacial score (nSPS) is 26.2. The summed E-state index contributed by atoms with van der Waals surface area (Å²) in [5.41, 5.74) is 5.65. The van der Waals surface area contributed by atoms with Crippen LogP contribution < -0.4 is 5.73 Å². The van der Waals surface area contributed by atoms with Crippen LogP contribution in [-0.4, -0.2) is 30.1 Å². The third kappa shape index (κ3) is 3.20. The number of rotatable bonds is 4. The number of likely N-dealkylation sites (N-methyl/N-ethyl adjacent to an activating group) is 1. The first-order chi connectivity index (χ1) is 8.15. The van der Waals surface area contributed by atoms with E-state index >= 15 is 0 Å². The second-order valence-electron chi connectivity index (χ2n) is 5.99. The summed E-state index contributed by atoms with van der Waals surface area (Å²) in [6.45, 7) is 0.749. The molecule has 0 saturated heterocycles. The van der Waals surface area contributed by atoms with Crippen molar-refractivity contribution in [1.29, 1.82) is 5.26 Å². The van der Waals surface area contributed by atoms with E-state index in [4.69, 9.17) is 5.73 Å². The molecule has 0 heterocycles. The van der Waals surface area contributed by atoms with E-state index in [-0.39, 0.29) is 0 Å². The minimum absolute atomic E-state index is 0.445. The molecule has 2 aliphatic rings. The van der Waals surface area contributed by atoms with Crippen LogP contribution in [0.1, 0.15) is 51.4 Å². The molecule has 2 saturated carbocycles. The topological polar surface area (TPSA) is 53.0 Å². The molecule has 1 unspecified atom stereocenters. The third-order valence-electron chi connectivity index (χ3n) is 4.47. The lowest BCUT2D eigenvalue weighted by Crippen LogP contribution is -2.52. The summed E-state index contributed by atoms with van der Waals surface area (Å²) in [6, 6.07) is 3.01. The van der Waals surface area contributed by atoms with Gasteiger partial charge in [-0.25, -0.2) is 0 Å². The van der Waals surface area contributed by atoms with Gasteiger partial charge in [0.2, 0.25) is 0 Å². The van der Waals surface area contributed by atoms with Crippen LogP contribution in [0.25, 0.3) is 0 Å². The lowest BCUT2D eigenvalue weighted by atomic mass is 9.94. The summed E-state index contributed by atoms with van der Waals surface area (Å²) < 4.78 is 0. The fourth-order valence-electron chi connectivity index (χ4n) is 3.09. The standard InChI is InChI=1S/C14H25N3/c1-17(13-6-4-2-3-5-7-13)11-14(16,10-15)12-8-9-12/h12-13H,2-9,11,16H2,1H3. The average Bonchev–Trinajstić information content (AvgIpc) is 3.15. The van der Waals surface area contributed by atoms with Crippen molar-refractivity contribution in [3.05, 3.63) is 0 Å². The van der Waals surface area contributed by atoms with Gasteiger partial charge in [-0.05, 0) is 38.6 Å². The highest BCUT2D eigenvalue weighted by Crippen LogP contribution is 2.38. The lowest BCUT2D eigenvalue weighted by Gasteiger charge is -2.33. The van der Waals surface area contributed by atoms with Gasteiger partial charge in [0.1, 0.15) is 5.54 Å². The average molecular weight is 235 g/mol. The zero-order chi connectivity index (χ0) is 12.3. The molecular formula is C14H25N3. The van der Waals surface area contributed by atoms with E-state index in [1.54, 1.807) is 0 Å². The molecule has 0 aromatic heterocycles. The molecule has 0 aromatic carbocycles. The highest BCUT2D eigenvalue weighted by molar-refractivity contribution is 5.14. The Morgan fingerprint density at radius 3 is 2.24 bits per heavy atom. The molecule has 0 aromatic rings. The second-order valence-corrected chi connectivity index (χ2v) is 5.99. The third-order valence-corrected chi connectivity index (χ3v) is 4.47. The molecule has 0 spiro atoms. The zero-order valence-electron chi connectivity index (χ0n) is 11.0. The van der Waals surface area contributed by atoms with E-state index < -0.39 is 5.54 Å². The maximum absolute atomic E-state index is 9.30. The molecule has 2 N–H and O–H groups in total.